The Bertz CT molecular complexity index is 1130. The van der Waals surface area contributed by atoms with E-state index in [9.17, 15) is 4.79 Å². The number of aromatic nitrogens is 3. The number of rotatable bonds is 6. The molecule has 1 N–H and O–H groups in total. The van der Waals surface area contributed by atoms with Gasteiger partial charge in [-0.05, 0) is 37.6 Å². The molecule has 30 heavy (non-hydrogen) atoms. The van der Waals surface area contributed by atoms with Gasteiger partial charge in [0, 0.05) is 18.5 Å². The first-order valence-electron chi connectivity index (χ1n) is 9.48. The number of benzene rings is 1. The summed E-state index contributed by atoms with van der Waals surface area (Å²) in [5.41, 5.74) is 3.15. The lowest BCUT2D eigenvalue weighted by atomic mass is 10.1. The van der Waals surface area contributed by atoms with E-state index >= 15 is 0 Å². The molecule has 1 amide bonds. The second kappa shape index (κ2) is 8.84. The van der Waals surface area contributed by atoms with E-state index in [2.05, 4.69) is 20.3 Å². The van der Waals surface area contributed by atoms with E-state index in [4.69, 9.17) is 4.74 Å². The lowest BCUT2D eigenvalue weighted by molar-refractivity contribution is 0.102. The van der Waals surface area contributed by atoms with Crippen LogP contribution in [0.3, 0.4) is 0 Å². The number of pyridine rings is 2. The molecule has 0 fully saturated rings. The van der Waals surface area contributed by atoms with Crippen LogP contribution in [-0.2, 0) is 0 Å². The fourth-order valence-electron chi connectivity index (χ4n) is 2.91. The lowest BCUT2D eigenvalue weighted by Gasteiger charge is -2.14. The zero-order chi connectivity index (χ0) is 20.9. The number of hydrogen-bond acceptors (Lipinski definition) is 6. The number of amides is 1. The van der Waals surface area contributed by atoms with Crippen LogP contribution in [0.1, 0.15) is 34.6 Å². The minimum Gasteiger partial charge on any atom is -0.470 e. The van der Waals surface area contributed by atoms with Crippen LogP contribution in [0, 0.1) is 6.92 Å². The highest BCUT2D eigenvalue weighted by molar-refractivity contribution is 7.19. The average Bonchev–Trinajstić information content (AvgIpc) is 3.15. The van der Waals surface area contributed by atoms with Gasteiger partial charge in [-0.1, -0.05) is 47.7 Å². The van der Waals surface area contributed by atoms with E-state index in [0.717, 1.165) is 21.8 Å². The predicted octanol–water partition coefficient (Wildman–Crippen LogP) is 5.30. The van der Waals surface area contributed by atoms with Crippen molar-refractivity contribution in [2.45, 2.75) is 20.0 Å². The van der Waals surface area contributed by atoms with Crippen LogP contribution in [0.25, 0.3) is 10.6 Å². The summed E-state index contributed by atoms with van der Waals surface area (Å²) in [6.45, 7) is 3.86. The second-order valence-corrected chi connectivity index (χ2v) is 7.66. The molecule has 0 saturated carbocycles. The maximum absolute atomic E-state index is 12.6. The molecular formula is C23H20N4O2S. The predicted molar refractivity (Wildman–Crippen MR) is 118 cm³/mol. The van der Waals surface area contributed by atoms with Crippen LogP contribution in [-0.4, -0.2) is 20.9 Å². The molecule has 7 heteroatoms. The van der Waals surface area contributed by atoms with Crippen LogP contribution in [0.5, 0.6) is 5.88 Å². The Balaban J connectivity index is 1.42. The summed E-state index contributed by atoms with van der Waals surface area (Å²) in [7, 11) is 0. The molecule has 1 aromatic carbocycles. The van der Waals surface area contributed by atoms with Crippen LogP contribution in [0.4, 0.5) is 5.13 Å². The summed E-state index contributed by atoms with van der Waals surface area (Å²) in [6.07, 6.45) is 3.10. The van der Waals surface area contributed by atoms with Crippen molar-refractivity contribution in [2.24, 2.45) is 0 Å². The van der Waals surface area contributed by atoms with Crippen molar-refractivity contribution in [3.8, 4) is 16.5 Å². The van der Waals surface area contributed by atoms with E-state index in [-0.39, 0.29) is 12.0 Å². The first-order valence-corrected chi connectivity index (χ1v) is 10.3. The molecule has 0 saturated heterocycles. The van der Waals surface area contributed by atoms with Gasteiger partial charge in [-0.15, -0.1) is 0 Å². The SMILES string of the molecule is Cc1nc(NC(=O)c2ccc(OC(C)c3ccccc3)nc2)sc1-c1ccccn1. The number of nitrogens with zero attached hydrogens (tertiary/aromatic N) is 3. The summed E-state index contributed by atoms with van der Waals surface area (Å²) in [5, 5.41) is 3.36. The van der Waals surface area contributed by atoms with Crippen molar-refractivity contribution in [1.82, 2.24) is 15.0 Å². The van der Waals surface area contributed by atoms with E-state index < -0.39 is 0 Å². The van der Waals surface area contributed by atoms with Crippen LogP contribution >= 0.6 is 11.3 Å². The van der Waals surface area contributed by atoms with Crippen LogP contribution in [0.2, 0.25) is 0 Å². The normalized spacial score (nSPS) is 11.7. The Kier molecular flexibility index (Phi) is 5.81. The van der Waals surface area contributed by atoms with Crippen molar-refractivity contribution in [3.63, 3.8) is 0 Å². The first-order chi connectivity index (χ1) is 14.6. The Morgan fingerprint density at radius 3 is 2.53 bits per heavy atom. The zero-order valence-electron chi connectivity index (χ0n) is 16.6. The van der Waals surface area contributed by atoms with Gasteiger partial charge in [0.05, 0.1) is 21.8 Å². The highest BCUT2D eigenvalue weighted by Gasteiger charge is 2.15. The van der Waals surface area contributed by atoms with Crippen molar-refractivity contribution in [3.05, 3.63) is 89.9 Å². The van der Waals surface area contributed by atoms with Crippen molar-refractivity contribution >= 4 is 22.4 Å². The average molecular weight is 417 g/mol. The second-order valence-electron chi connectivity index (χ2n) is 6.66. The molecule has 0 aliphatic rings. The molecule has 4 rings (SSSR count). The van der Waals surface area contributed by atoms with E-state index in [1.54, 1.807) is 18.3 Å². The molecule has 0 aliphatic heterocycles. The highest BCUT2D eigenvalue weighted by atomic mass is 32.1. The Labute approximate surface area is 178 Å². The topological polar surface area (TPSA) is 77.0 Å². The van der Waals surface area contributed by atoms with Crippen molar-refractivity contribution in [2.75, 3.05) is 5.32 Å². The minimum absolute atomic E-state index is 0.137. The summed E-state index contributed by atoms with van der Waals surface area (Å²) in [4.78, 5) is 26.6. The Hall–Kier alpha value is -3.58. The molecule has 3 heterocycles. The number of nitrogens with one attached hydrogen (secondary N) is 1. The summed E-state index contributed by atoms with van der Waals surface area (Å²) in [6, 6.07) is 19.0. The van der Waals surface area contributed by atoms with E-state index in [1.807, 2.05) is 62.4 Å². The Morgan fingerprint density at radius 1 is 1.03 bits per heavy atom. The fraction of sp³-hybridized carbons (Fsp3) is 0.130. The van der Waals surface area contributed by atoms with Crippen LogP contribution < -0.4 is 10.1 Å². The number of carbonyl (C=O) groups excluding carboxylic acids is 1. The quantitative estimate of drug-likeness (QED) is 0.461. The van der Waals surface area contributed by atoms with Gasteiger partial charge in [-0.3, -0.25) is 15.1 Å². The summed E-state index contributed by atoms with van der Waals surface area (Å²) >= 11 is 1.39. The van der Waals surface area contributed by atoms with Gasteiger partial charge in [-0.25, -0.2) is 9.97 Å². The first kappa shape index (κ1) is 19.7. The molecular weight excluding hydrogens is 396 g/mol. The molecule has 3 aromatic heterocycles. The smallest absolute Gasteiger partial charge is 0.259 e. The van der Waals surface area contributed by atoms with Gasteiger partial charge in [0.2, 0.25) is 5.88 Å². The summed E-state index contributed by atoms with van der Waals surface area (Å²) < 4.78 is 5.86. The Morgan fingerprint density at radius 2 is 1.83 bits per heavy atom. The molecule has 150 valence electrons. The summed E-state index contributed by atoms with van der Waals surface area (Å²) in [5.74, 6) is 0.192. The number of aryl methyl sites for hydroxylation is 1. The molecule has 0 bridgehead atoms. The molecule has 1 unspecified atom stereocenters. The van der Waals surface area contributed by atoms with Crippen molar-refractivity contribution in [1.29, 1.82) is 0 Å². The zero-order valence-corrected chi connectivity index (χ0v) is 17.4. The third-order valence-electron chi connectivity index (χ3n) is 4.48. The molecule has 1 atom stereocenters. The number of anilines is 1. The van der Waals surface area contributed by atoms with E-state index in [1.165, 1.54) is 17.5 Å². The lowest BCUT2D eigenvalue weighted by Crippen LogP contribution is -2.12. The van der Waals surface area contributed by atoms with Gasteiger partial charge in [0.25, 0.3) is 5.91 Å². The number of hydrogen-bond donors (Lipinski definition) is 1. The highest BCUT2D eigenvalue weighted by Crippen LogP contribution is 2.31. The van der Waals surface area contributed by atoms with Gasteiger partial charge in [0.15, 0.2) is 5.13 Å². The van der Waals surface area contributed by atoms with Gasteiger partial charge in [-0.2, -0.15) is 0 Å². The third-order valence-corrected chi connectivity index (χ3v) is 5.58. The molecule has 4 aromatic rings. The fourth-order valence-corrected chi connectivity index (χ4v) is 3.85. The number of thiazole rings is 1. The van der Waals surface area contributed by atoms with E-state index in [0.29, 0.717) is 16.6 Å². The third kappa shape index (κ3) is 4.52. The van der Waals surface area contributed by atoms with Gasteiger partial charge >= 0.3 is 0 Å². The molecule has 6 nitrogen and oxygen atoms in total. The van der Waals surface area contributed by atoms with Crippen molar-refractivity contribution < 1.29 is 9.53 Å². The maximum Gasteiger partial charge on any atom is 0.259 e. The molecule has 0 aliphatic carbocycles. The molecule has 0 radical (unpaired) electrons. The van der Waals surface area contributed by atoms with Crippen LogP contribution in [0.15, 0.2) is 73.1 Å². The largest absolute Gasteiger partial charge is 0.470 e. The monoisotopic (exact) mass is 416 g/mol. The maximum atomic E-state index is 12.6. The van der Waals surface area contributed by atoms with Gasteiger partial charge in [0.1, 0.15) is 6.10 Å². The minimum atomic E-state index is -0.272. The number of ether oxygens (including phenoxy) is 1. The molecule has 0 spiro atoms. The van der Waals surface area contributed by atoms with Gasteiger partial charge < -0.3 is 4.74 Å². The standard InChI is InChI=1S/C23H20N4O2S/c1-15-21(19-10-6-7-13-24-19)30-23(26-15)27-22(28)18-11-12-20(25-14-18)29-16(2)17-8-4-3-5-9-17/h3-14,16H,1-2H3,(H,26,27,28). The number of carbonyl (C=O) groups is 1.